The molecular weight excluding hydrogens is 363 g/mol. The van der Waals surface area contributed by atoms with Crippen LogP contribution in [-0.4, -0.2) is 30.9 Å². The van der Waals surface area contributed by atoms with Crippen molar-refractivity contribution in [3.05, 3.63) is 29.8 Å². The molecule has 0 bridgehead atoms. The van der Waals surface area contributed by atoms with Crippen molar-refractivity contribution in [1.29, 1.82) is 0 Å². The van der Waals surface area contributed by atoms with E-state index in [1.165, 1.54) is 82.9 Å². The van der Waals surface area contributed by atoms with Gasteiger partial charge in [-0.15, -0.1) is 13.2 Å². The van der Waals surface area contributed by atoms with E-state index in [0.29, 0.717) is 0 Å². The molecule has 1 aromatic carbocycles. The van der Waals surface area contributed by atoms with Crippen molar-refractivity contribution in [2.45, 2.75) is 83.9 Å². The van der Waals surface area contributed by atoms with Crippen molar-refractivity contribution in [3.63, 3.8) is 0 Å². The lowest BCUT2D eigenvalue weighted by Crippen LogP contribution is -2.29. The Balaban J connectivity index is 1.65. The summed E-state index contributed by atoms with van der Waals surface area (Å²) in [5.41, 5.74) is 1.06. The highest BCUT2D eigenvalue weighted by Crippen LogP contribution is 2.30. The highest BCUT2D eigenvalue weighted by Gasteiger charge is 2.31. The normalized spacial score (nSPS) is 14.6. The van der Waals surface area contributed by atoms with Gasteiger partial charge in [0, 0.05) is 13.1 Å². The third kappa shape index (κ3) is 10.9. The predicted molar refractivity (Wildman–Crippen MR) is 109 cm³/mol. The molecule has 0 unspecified atom stereocenters. The fourth-order valence-electron chi connectivity index (χ4n) is 3.57. The lowest BCUT2D eigenvalue weighted by atomic mass is 10.1. The summed E-state index contributed by atoms with van der Waals surface area (Å²) in [5.74, 6) is 0.710. The van der Waals surface area contributed by atoms with Crippen LogP contribution in [0.4, 0.5) is 13.2 Å². The van der Waals surface area contributed by atoms with Crippen LogP contribution in [0.3, 0.4) is 0 Å². The van der Waals surface area contributed by atoms with Crippen molar-refractivity contribution < 1.29 is 17.9 Å². The molecule has 0 heterocycles. The van der Waals surface area contributed by atoms with E-state index in [4.69, 9.17) is 0 Å². The van der Waals surface area contributed by atoms with E-state index in [1.54, 1.807) is 12.1 Å². The molecule has 28 heavy (non-hydrogen) atoms. The minimum Gasteiger partial charge on any atom is -0.406 e. The number of benzene rings is 1. The largest absolute Gasteiger partial charge is 0.573 e. The Morgan fingerprint density at radius 2 is 1.50 bits per heavy atom. The SMILES string of the molecule is CCCCCCCCCCN(CCc1ccc(OC(F)(F)F)cc1)CC1CC1. The average molecular weight is 400 g/mol. The zero-order chi connectivity index (χ0) is 20.2. The molecular formula is C23H36F3NO. The number of rotatable bonds is 15. The summed E-state index contributed by atoms with van der Waals surface area (Å²) >= 11 is 0. The van der Waals surface area contributed by atoms with Crippen LogP contribution in [0.5, 0.6) is 5.75 Å². The first kappa shape index (κ1) is 23.1. The lowest BCUT2D eigenvalue weighted by Gasteiger charge is -2.22. The minimum absolute atomic E-state index is 0.148. The molecule has 160 valence electrons. The molecule has 0 radical (unpaired) electrons. The molecule has 1 fully saturated rings. The second-order valence-corrected chi connectivity index (χ2v) is 8.16. The van der Waals surface area contributed by atoms with Crippen molar-refractivity contribution in [2.24, 2.45) is 5.92 Å². The monoisotopic (exact) mass is 399 g/mol. The number of alkyl halides is 3. The summed E-state index contributed by atoms with van der Waals surface area (Å²) in [5, 5.41) is 0. The van der Waals surface area contributed by atoms with Crippen LogP contribution in [0.2, 0.25) is 0 Å². The third-order valence-corrected chi connectivity index (χ3v) is 5.41. The van der Waals surface area contributed by atoms with Gasteiger partial charge < -0.3 is 9.64 Å². The number of unbranched alkanes of at least 4 members (excludes halogenated alkanes) is 7. The molecule has 1 aliphatic carbocycles. The Labute approximate surface area is 168 Å². The van der Waals surface area contributed by atoms with E-state index in [2.05, 4.69) is 16.6 Å². The molecule has 1 saturated carbocycles. The maximum atomic E-state index is 12.2. The van der Waals surface area contributed by atoms with Gasteiger partial charge in [-0.2, -0.15) is 0 Å². The molecule has 5 heteroatoms. The van der Waals surface area contributed by atoms with E-state index in [0.717, 1.165) is 31.0 Å². The molecule has 0 N–H and O–H groups in total. The van der Waals surface area contributed by atoms with Crippen molar-refractivity contribution in [3.8, 4) is 5.75 Å². The number of nitrogens with zero attached hydrogens (tertiary/aromatic N) is 1. The van der Waals surface area contributed by atoms with Gasteiger partial charge in [0.25, 0.3) is 0 Å². The first-order chi connectivity index (χ1) is 13.5. The molecule has 0 aliphatic heterocycles. The topological polar surface area (TPSA) is 12.5 Å². The molecule has 0 aromatic heterocycles. The first-order valence-electron chi connectivity index (χ1n) is 11.0. The van der Waals surface area contributed by atoms with Gasteiger partial charge in [-0.25, -0.2) is 0 Å². The van der Waals surface area contributed by atoms with Crippen LogP contribution >= 0.6 is 0 Å². The summed E-state index contributed by atoms with van der Waals surface area (Å²) in [7, 11) is 0. The van der Waals surface area contributed by atoms with Gasteiger partial charge in [0.1, 0.15) is 5.75 Å². The summed E-state index contributed by atoms with van der Waals surface area (Å²) in [4.78, 5) is 2.55. The second-order valence-electron chi connectivity index (χ2n) is 8.16. The minimum atomic E-state index is -4.63. The Bertz CT molecular complexity index is 526. The molecule has 0 saturated heterocycles. The van der Waals surface area contributed by atoms with Crippen molar-refractivity contribution in [2.75, 3.05) is 19.6 Å². The quantitative estimate of drug-likeness (QED) is 0.295. The number of ether oxygens (including phenoxy) is 1. The number of hydrogen-bond donors (Lipinski definition) is 0. The second kappa shape index (κ2) is 12.4. The van der Waals surface area contributed by atoms with Crippen LogP contribution in [-0.2, 0) is 6.42 Å². The van der Waals surface area contributed by atoms with Gasteiger partial charge in [0.2, 0.25) is 0 Å². The molecule has 2 rings (SSSR count). The van der Waals surface area contributed by atoms with Gasteiger partial charge >= 0.3 is 6.36 Å². The van der Waals surface area contributed by atoms with E-state index in [1.807, 2.05) is 0 Å². The van der Waals surface area contributed by atoms with Gasteiger partial charge in [0.05, 0.1) is 0 Å². The zero-order valence-electron chi connectivity index (χ0n) is 17.3. The molecule has 0 amide bonds. The highest BCUT2D eigenvalue weighted by atomic mass is 19.4. The summed E-state index contributed by atoms with van der Waals surface area (Å²) in [6.45, 7) is 5.54. The number of halogens is 3. The fourth-order valence-corrected chi connectivity index (χ4v) is 3.57. The molecule has 0 atom stereocenters. The Kier molecular flexibility index (Phi) is 10.2. The summed E-state index contributed by atoms with van der Waals surface area (Å²) in [6, 6.07) is 6.30. The predicted octanol–water partition coefficient (Wildman–Crippen LogP) is 6.98. The fraction of sp³-hybridized carbons (Fsp3) is 0.739. The van der Waals surface area contributed by atoms with Gasteiger partial charge in [-0.05, 0) is 55.8 Å². The summed E-state index contributed by atoms with van der Waals surface area (Å²) < 4.78 is 40.7. The van der Waals surface area contributed by atoms with E-state index >= 15 is 0 Å². The lowest BCUT2D eigenvalue weighted by molar-refractivity contribution is -0.274. The maximum Gasteiger partial charge on any atom is 0.573 e. The van der Waals surface area contributed by atoms with Crippen molar-refractivity contribution in [1.82, 2.24) is 4.90 Å². The highest BCUT2D eigenvalue weighted by molar-refractivity contribution is 5.27. The van der Waals surface area contributed by atoms with Gasteiger partial charge in [-0.3, -0.25) is 0 Å². The Morgan fingerprint density at radius 1 is 0.893 bits per heavy atom. The van der Waals surface area contributed by atoms with Gasteiger partial charge in [0.15, 0.2) is 0 Å². The first-order valence-corrected chi connectivity index (χ1v) is 11.0. The van der Waals surface area contributed by atoms with Crippen LogP contribution in [0.15, 0.2) is 24.3 Å². The zero-order valence-corrected chi connectivity index (χ0v) is 17.3. The third-order valence-electron chi connectivity index (χ3n) is 5.41. The maximum absolute atomic E-state index is 12.2. The average Bonchev–Trinajstić information content (AvgIpc) is 3.45. The molecule has 1 aliphatic rings. The molecule has 2 nitrogen and oxygen atoms in total. The van der Waals surface area contributed by atoms with Crippen LogP contribution in [0.1, 0.15) is 76.7 Å². The molecule has 0 spiro atoms. The van der Waals surface area contributed by atoms with Gasteiger partial charge in [-0.1, -0.05) is 64.0 Å². The van der Waals surface area contributed by atoms with Crippen LogP contribution in [0.25, 0.3) is 0 Å². The van der Waals surface area contributed by atoms with E-state index in [-0.39, 0.29) is 5.75 Å². The van der Waals surface area contributed by atoms with Crippen LogP contribution < -0.4 is 4.74 Å². The smallest absolute Gasteiger partial charge is 0.406 e. The Morgan fingerprint density at radius 3 is 2.07 bits per heavy atom. The standard InChI is InChI=1S/C23H36F3NO/c1-2-3-4-5-6-7-8-9-17-27(19-21-10-11-21)18-16-20-12-14-22(15-13-20)28-23(24,25)26/h12-15,21H,2-11,16-19H2,1H3. The Hall–Kier alpha value is -1.23. The summed E-state index contributed by atoms with van der Waals surface area (Å²) in [6.07, 6.45) is 9.58. The van der Waals surface area contributed by atoms with Crippen molar-refractivity contribution >= 4 is 0 Å². The molecule has 1 aromatic rings. The van der Waals surface area contributed by atoms with E-state index < -0.39 is 6.36 Å². The van der Waals surface area contributed by atoms with Crippen LogP contribution in [0, 0.1) is 5.92 Å². The van der Waals surface area contributed by atoms with E-state index in [9.17, 15) is 13.2 Å². The number of hydrogen-bond acceptors (Lipinski definition) is 2.